The molecule has 0 radical (unpaired) electrons. The van der Waals surface area contributed by atoms with Crippen molar-refractivity contribution in [2.24, 2.45) is 0 Å². The first kappa shape index (κ1) is 12.6. The number of hydrogen-bond donors (Lipinski definition) is 1. The molecule has 0 atom stereocenters. The molecule has 0 aliphatic carbocycles. The van der Waals surface area contributed by atoms with E-state index in [0.29, 0.717) is 17.0 Å². The van der Waals surface area contributed by atoms with Gasteiger partial charge in [0.25, 0.3) is 0 Å². The minimum Gasteiger partial charge on any atom is -0.496 e. The second-order valence-corrected chi connectivity index (χ2v) is 4.49. The van der Waals surface area contributed by atoms with Crippen LogP contribution in [0.2, 0.25) is 0 Å². The Hall–Kier alpha value is -1.82. The van der Waals surface area contributed by atoms with Crippen LogP contribution < -0.4 is 4.74 Å². The van der Waals surface area contributed by atoms with E-state index >= 15 is 0 Å². The molecule has 18 heavy (non-hydrogen) atoms. The summed E-state index contributed by atoms with van der Waals surface area (Å²) in [6.07, 6.45) is 0. The van der Waals surface area contributed by atoms with Gasteiger partial charge in [-0.1, -0.05) is 21.1 Å². The van der Waals surface area contributed by atoms with Gasteiger partial charge in [0, 0.05) is 16.1 Å². The predicted octanol–water partition coefficient (Wildman–Crippen LogP) is 3.12. The summed E-state index contributed by atoms with van der Waals surface area (Å²) in [5.41, 5.74) is 2.05. The van der Waals surface area contributed by atoms with Gasteiger partial charge in [-0.15, -0.1) is 0 Å². The average molecular weight is 312 g/mol. The minimum absolute atomic E-state index is 0.202. The van der Waals surface area contributed by atoms with Crippen LogP contribution in [0.3, 0.4) is 0 Å². The Labute approximate surface area is 111 Å². The number of carbonyl (C=O) groups is 1. The summed E-state index contributed by atoms with van der Waals surface area (Å²) in [6.45, 7) is 1.89. The lowest BCUT2D eigenvalue weighted by molar-refractivity contribution is 0.0652. The Kier molecular flexibility index (Phi) is 3.38. The number of ether oxygens (including phenoxy) is 1. The second kappa shape index (κ2) is 4.81. The van der Waals surface area contributed by atoms with E-state index in [1.54, 1.807) is 13.2 Å². The van der Waals surface area contributed by atoms with E-state index in [0.717, 1.165) is 10.0 Å². The number of carboxylic acids is 1. The highest BCUT2D eigenvalue weighted by atomic mass is 79.9. The average Bonchev–Trinajstić information content (AvgIpc) is 2.81. The smallest absolute Gasteiger partial charge is 0.374 e. The van der Waals surface area contributed by atoms with E-state index in [2.05, 4.69) is 21.1 Å². The maximum Gasteiger partial charge on any atom is 0.374 e. The molecule has 0 aliphatic rings. The summed E-state index contributed by atoms with van der Waals surface area (Å²) in [6, 6.07) is 5.01. The van der Waals surface area contributed by atoms with Gasteiger partial charge >= 0.3 is 5.97 Å². The molecule has 0 unspecified atom stereocenters. The first-order valence-electron chi connectivity index (χ1n) is 5.08. The number of methoxy groups -OCH3 is 1. The van der Waals surface area contributed by atoms with Crippen LogP contribution >= 0.6 is 15.9 Å². The number of hydrogen-bond acceptors (Lipinski definition) is 4. The normalized spacial score (nSPS) is 10.4. The topological polar surface area (TPSA) is 72.6 Å². The Bertz CT molecular complexity index is 606. The highest BCUT2D eigenvalue weighted by Gasteiger charge is 2.18. The SMILES string of the molecule is COc1ccc(Br)c(C)c1-c1cc(C(=O)O)on1. The fraction of sp³-hybridized carbons (Fsp3) is 0.167. The zero-order valence-electron chi connectivity index (χ0n) is 9.73. The van der Waals surface area contributed by atoms with Crippen molar-refractivity contribution in [1.82, 2.24) is 5.16 Å². The molecule has 6 heteroatoms. The van der Waals surface area contributed by atoms with E-state index in [1.807, 2.05) is 13.0 Å². The molecule has 0 bridgehead atoms. The van der Waals surface area contributed by atoms with E-state index < -0.39 is 5.97 Å². The molecule has 2 aromatic rings. The van der Waals surface area contributed by atoms with Crippen LogP contribution in [-0.4, -0.2) is 23.3 Å². The molecule has 2 rings (SSSR count). The van der Waals surface area contributed by atoms with Gasteiger partial charge in [0.15, 0.2) is 0 Å². The van der Waals surface area contributed by atoms with Crippen LogP contribution in [0.25, 0.3) is 11.3 Å². The summed E-state index contributed by atoms with van der Waals surface area (Å²) < 4.78 is 10.9. The standard InChI is InChI=1S/C12H10BrNO4/c1-6-7(13)3-4-9(17-2)11(6)8-5-10(12(15)16)18-14-8/h3-5H,1-2H3,(H,15,16). The van der Waals surface area contributed by atoms with Gasteiger partial charge in [-0.3, -0.25) is 0 Å². The van der Waals surface area contributed by atoms with Crippen molar-refractivity contribution in [3.05, 3.63) is 34.0 Å². The summed E-state index contributed by atoms with van der Waals surface area (Å²) in [5, 5.41) is 12.6. The van der Waals surface area contributed by atoms with E-state index in [-0.39, 0.29) is 5.76 Å². The summed E-state index contributed by atoms with van der Waals surface area (Å²) >= 11 is 3.41. The van der Waals surface area contributed by atoms with Gasteiger partial charge in [0.05, 0.1) is 7.11 Å². The van der Waals surface area contributed by atoms with Crippen molar-refractivity contribution in [2.45, 2.75) is 6.92 Å². The fourth-order valence-corrected chi connectivity index (χ4v) is 1.97. The maximum absolute atomic E-state index is 10.8. The predicted molar refractivity (Wildman–Crippen MR) is 67.9 cm³/mol. The van der Waals surface area contributed by atoms with E-state index in [4.69, 9.17) is 14.4 Å². The van der Waals surface area contributed by atoms with Gasteiger partial charge in [0.2, 0.25) is 5.76 Å². The molecular weight excluding hydrogens is 302 g/mol. The van der Waals surface area contributed by atoms with Gasteiger partial charge < -0.3 is 14.4 Å². The Morgan fingerprint density at radius 2 is 2.22 bits per heavy atom. The lowest BCUT2D eigenvalue weighted by Crippen LogP contribution is -1.93. The zero-order chi connectivity index (χ0) is 13.3. The summed E-state index contributed by atoms with van der Waals surface area (Å²) in [4.78, 5) is 10.8. The minimum atomic E-state index is -1.15. The van der Waals surface area contributed by atoms with Crippen molar-refractivity contribution in [2.75, 3.05) is 7.11 Å². The lowest BCUT2D eigenvalue weighted by Gasteiger charge is -2.10. The van der Waals surface area contributed by atoms with Crippen molar-refractivity contribution in [3.8, 4) is 17.0 Å². The highest BCUT2D eigenvalue weighted by Crippen LogP contribution is 2.36. The first-order chi connectivity index (χ1) is 8.54. The molecule has 5 nitrogen and oxygen atoms in total. The van der Waals surface area contributed by atoms with Gasteiger partial charge in [0.1, 0.15) is 11.4 Å². The third-order valence-electron chi connectivity index (χ3n) is 2.56. The van der Waals surface area contributed by atoms with Gasteiger partial charge in [-0.05, 0) is 24.6 Å². The number of benzene rings is 1. The molecule has 0 saturated carbocycles. The Morgan fingerprint density at radius 1 is 1.50 bits per heavy atom. The molecule has 0 amide bonds. The first-order valence-corrected chi connectivity index (χ1v) is 5.87. The molecule has 0 aliphatic heterocycles. The van der Waals surface area contributed by atoms with Crippen LogP contribution in [0.15, 0.2) is 27.2 Å². The molecule has 0 saturated heterocycles. The Morgan fingerprint density at radius 3 is 2.78 bits per heavy atom. The van der Waals surface area contributed by atoms with Crippen LogP contribution in [0.5, 0.6) is 5.75 Å². The molecule has 0 spiro atoms. The quantitative estimate of drug-likeness (QED) is 0.942. The van der Waals surface area contributed by atoms with Crippen LogP contribution in [-0.2, 0) is 0 Å². The number of aromatic carboxylic acids is 1. The van der Waals surface area contributed by atoms with Crippen LogP contribution in [0.4, 0.5) is 0 Å². The van der Waals surface area contributed by atoms with E-state index in [1.165, 1.54) is 6.07 Å². The number of halogens is 1. The monoisotopic (exact) mass is 311 g/mol. The Balaban J connectivity index is 2.61. The van der Waals surface area contributed by atoms with E-state index in [9.17, 15) is 4.79 Å². The van der Waals surface area contributed by atoms with Crippen LogP contribution in [0.1, 0.15) is 16.1 Å². The molecular formula is C12H10BrNO4. The van der Waals surface area contributed by atoms with Gasteiger partial charge in [-0.25, -0.2) is 4.79 Å². The van der Waals surface area contributed by atoms with Crippen LogP contribution in [0, 0.1) is 6.92 Å². The number of carboxylic acid groups (broad SMARTS) is 1. The third-order valence-corrected chi connectivity index (χ3v) is 3.42. The van der Waals surface area contributed by atoms with Gasteiger partial charge in [-0.2, -0.15) is 0 Å². The summed E-state index contributed by atoms with van der Waals surface area (Å²) in [5.74, 6) is -0.743. The molecule has 1 heterocycles. The van der Waals surface area contributed by atoms with Crippen molar-refractivity contribution in [3.63, 3.8) is 0 Å². The maximum atomic E-state index is 10.8. The molecule has 1 aromatic heterocycles. The molecule has 0 fully saturated rings. The highest BCUT2D eigenvalue weighted by molar-refractivity contribution is 9.10. The molecule has 1 aromatic carbocycles. The zero-order valence-corrected chi connectivity index (χ0v) is 11.3. The number of aromatic nitrogens is 1. The largest absolute Gasteiger partial charge is 0.496 e. The number of rotatable bonds is 3. The molecule has 1 N–H and O–H groups in total. The summed E-state index contributed by atoms with van der Waals surface area (Å²) in [7, 11) is 1.55. The molecule has 94 valence electrons. The lowest BCUT2D eigenvalue weighted by atomic mass is 10.0. The number of nitrogens with zero attached hydrogens (tertiary/aromatic N) is 1. The van der Waals surface area contributed by atoms with Crippen molar-refractivity contribution in [1.29, 1.82) is 0 Å². The van der Waals surface area contributed by atoms with Crippen molar-refractivity contribution >= 4 is 21.9 Å². The van der Waals surface area contributed by atoms with Crippen molar-refractivity contribution < 1.29 is 19.2 Å². The fourth-order valence-electron chi connectivity index (χ4n) is 1.64. The third kappa shape index (κ3) is 2.11. The second-order valence-electron chi connectivity index (χ2n) is 3.63.